The second-order valence-electron chi connectivity index (χ2n) is 4.54. The molecule has 3 aromatic rings. The van der Waals surface area contributed by atoms with E-state index in [1.807, 2.05) is 34.9 Å². The molecule has 0 saturated heterocycles. The zero-order valence-corrected chi connectivity index (χ0v) is 11.6. The van der Waals surface area contributed by atoms with Crippen LogP contribution in [-0.2, 0) is 0 Å². The number of carboxylic acids is 1. The Morgan fingerprint density at radius 2 is 1.95 bits per heavy atom. The van der Waals surface area contributed by atoms with Crippen LogP contribution in [0.1, 0.15) is 15.9 Å². The van der Waals surface area contributed by atoms with Crippen LogP contribution in [0.2, 0.25) is 0 Å². The lowest BCUT2D eigenvalue weighted by molar-refractivity contribution is 0.0696. The fraction of sp³-hybridized carbons (Fsp3) is 0.0667. The summed E-state index contributed by atoms with van der Waals surface area (Å²) in [6, 6.07) is 13.0. The first-order valence-corrected chi connectivity index (χ1v) is 6.53. The number of rotatable bonds is 2. The number of H-pyrrole nitrogens is 1. The lowest BCUT2D eigenvalue weighted by Crippen LogP contribution is -2.04. The van der Waals surface area contributed by atoms with Crippen LogP contribution in [0.25, 0.3) is 16.7 Å². The van der Waals surface area contributed by atoms with E-state index in [0.29, 0.717) is 10.3 Å². The van der Waals surface area contributed by atoms with E-state index >= 15 is 0 Å². The molecule has 0 atom stereocenters. The highest BCUT2D eigenvalue weighted by atomic mass is 32.1. The fourth-order valence-electron chi connectivity index (χ4n) is 2.39. The van der Waals surface area contributed by atoms with Crippen LogP contribution >= 0.6 is 12.2 Å². The van der Waals surface area contributed by atoms with Gasteiger partial charge >= 0.3 is 5.97 Å². The van der Waals surface area contributed by atoms with Crippen molar-refractivity contribution >= 4 is 29.2 Å². The summed E-state index contributed by atoms with van der Waals surface area (Å²) >= 11 is 5.36. The molecule has 2 N–H and O–H groups in total. The normalized spacial score (nSPS) is 10.8. The van der Waals surface area contributed by atoms with E-state index < -0.39 is 5.97 Å². The Kier molecular flexibility index (Phi) is 2.91. The van der Waals surface area contributed by atoms with E-state index in [-0.39, 0.29) is 5.56 Å². The van der Waals surface area contributed by atoms with Gasteiger partial charge in [0.25, 0.3) is 0 Å². The third-order valence-corrected chi connectivity index (χ3v) is 3.65. The largest absolute Gasteiger partial charge is 0.478 e. The summed E-state index contributed by atoms with van der Waals surface area (Å²) in [5.41, 5.74) is 3.63. The Morgan fingerprint density at radius 3 is 2.70 bits per heavy atom. The molecule has 0 aliphatic heterocycles. The third kappa shape index (κ3) is 1.83. The summed E-state index contributed by atoms with van der Waals surface area (Å²) < 4.78 is 2.42. The number of nitrogens with zero attached hydrogens (tertiary/aromatic N) is 1. The summed E-state index contributed by atoms with van der Waals surface area (Å²) in [7, 11) is 0. The monoisotopic (exact) mass is 284 g/mol. The lowest BCUT2D eigenvalue weighted by Gasteiger charge is -2.10. The summed E-state index contributed by atoms with van der Waals surface area (Å²) in [4.78, 5) is 14.4. The van der Waals surface area contributed by atoms with Gasteiger partial charge in [-0.1, -0.05) is 18.2 Å². The molecule has 1 aromatic heterocycles. The van der Waals surface area contributed by atoms with Crippen molar-refractivity contribution in [2.45, 2.75) is 6.92 Å². The summed E-state index contributed by atoms with van der Waals surface area (Å²) in [6.45, 7) is 1.79. The van der Waals surface area contributed by atoms with Crippen LogP contribution in [0.4, 0.5) is 0 Å². The van der Waals surface area contributed by atoms with Gasteiger partial charge in [-0.3, -0.25) is 4.57 Å². The van der Waals surface area contributed by atoms with Gasteiger partial charge < -0.3 is 10.1 Å². The fourth-order valence-corrected chi connectivity index (χ4v) is 2.70. The molecule has 0 amide bonds. The first-order valence-electron chi connectivity index (χ1n) is 6.12. The van der Waals surface area contributed by atoms with Gasteiger partial charge in [0.05, 0.1) is 22.3 Å². The molecule has 0 bridgehead atoms. The van der Waals surface area contributed by atoms with Crippen LogP contribution in [0.3, 0.4) is 0 Å². The molecule has 5 heteroatoms. The molecule has 2 aromatic carbocycles. The van der Waals surface area contributed by atoms with E-state index in [4.69, 9.17) is 12.2 Å². The number of hydrogen-bond donors (Lipinski definition) is 2. The molecule has 0 spiro atoms. The molecule has 0 unspecified atom stereocenters. The third-order valence-electron chi connectivity index (χ3n) is 3.37. The summed E-state index contributed by atoms with van der Waals surface area (Å²) in [6.07, 6.45) is 0. The lowest BCUT2D eigenvalue weighted by atomic mass is 10.1. The van der Waals surface area contributed by atoms with Gasteiger partial charge in [0.1, 0.15) is 0 Å². The molecule has 100 valence electrons. The predicted molar refractivity (Wildman–Crippen MR) is 80.2 cm³/mol. The second-order valence-corrected chi connectivity index (χ2v) is 4.92. The van der Waals surface area contributed by atoms with E-state index in [1.54, 1.807) is 19.1 Å². The average molecular weight is 284 g/mol. The van der Waals surface area contributed by atoms with Crippen molar-refractivity contribution < 1.29 is 9.90 Å². The topological polar surface area (TPSA) is 58.0 Å². The zero-order chi connectivity index (χ0) is 14.3. The van der Waals surface area contributed by atoms with Crippen molar-refractivity contribution in [3.8, 4) is 5.69 Å². The molecule has 4 nitrogen and oxygen atoms in total. The number of imidazole rings is 1. The molecule has 0 aliphatic carbocycles. The highest BCUT2D eigenvalue weighted by Crippen LogP contribution is 2.23. The number of benzene rings is 2. The van der Waals surface area contributed by atoms with E-state index in [2.05, 4.69) is 4.98 Å². The van der Waals surface area contributed by atoms with Crippen molar-refractivity contribution in [1.29, 1.82) is 0 Å². The Bertz CT molecular complexity index is 877. The molecule has 0 fully saturated rings. The van der Waals surface area contributed by atoms with Crippen LogP contribution < -0.4 is 0 Å². The van der Waals surface area contributed by atoms with Gasteiger partial charge in [-0.15, -0.1) is 0 Å². The first-order chi connectivity index (χ1) is 9.59. The molecule has 1 heterocycles. The Morgan fingerprint density at radius 1 is 1.20 bits per heavy atom. The van der Waals surface area contributed by atoms with Crippen LogP contribution in [-0.4, -0.2) is 20.6 Å². The van der Waals surface area contributed by atoms with E-state index in [1.165, 1.54) is 0 Å². The number of carboxylic acid groups (broad SMARTS) is 1. The van der Waals surface area contributed by atoms with Crippen molar-refractivity contribution in [3.63, 3.8) is 0 Å². The maximum atomic E-state index is 11.2. The standard InChI is InChI=1S/C15H12N2O2S/c1-9-10(14(18)19)5-4-8-12(9)17-13-7-3-2-6-11(13)16-15(17)20/h2-8H,1H3,(H,16,20)(H,18,19). The highest BCUT2D eigenvalue weighted by Gasteiger charge is 2.13. The number of carbonyl (C=O) groups is 1. The SMILES string of the molecule is Cc1c(C(=O)O)cccc1-n1c(=S)[nH]c2ccccc21. The molecule has 3 rings (SSSR count). The maximum Gasteiger partial charge on any atom is 0.336 e. The van der Waals surface area contributed by atoms with Gasteiger partial charge in [0.15, 0.2) is 4.77 Å². The number of hydrogen-bond acceptors (Lipinski definition) is 2. The van der Waals surface area contributed by atoms with E-state index in [9.17, 15) is 9.90 Å². The quantitative estimate of drug-likeness (QED) is 0.705. The van der Waals surface area contributed by atoms with Crippen LogP contribution in [0.15, 0.2) is 42.5 Å². The second kappa shape index (κ2) is 4.61. The molecular weight excluding hydrogens is 272 g/mol. The van der Waals surface area contributed by atoms with Gasteiger partial charge in [-0.25, -0.2) is 4.79 Å². The summed E-state index contributed by atoms with van der Waals surface area (Å²) in [5, 5.41) is 9.23. The molecule has 20 heavy (non-hydrogen) atoms. The number of aromatic amines is 1. The molecule has 0 saturated carbocycles. The minimum atomic E-state index is -0.935. The highest BCUT2D eigenvalue weighted by molar-refractivity contribution is 7.71. The first kappa shape index (κ1) is 12.6. The average Bonchev–Trinajstić information content (AvgIpc) is 2.75. The number of aromatic carboxylic acids is 1. The number of fused-ring (bicyclic) bond motifs is 1. The number of nitrogens with one attached hydrogen (secondary N) is 1. The van der Waals surface area contributed by atoms with Gasteiger partial charge in [-0.2, -0.15) is 0 Å². The molecule has 0 aliphatic rings. The summed E-state index contributed by atoms with van der Waals surface area (Å²) in [5.74, 6) is -0.935. The van der Waals surface area contributed by atoms with Crippen molar-refractivity contribution in [2.24, 2.45) is 0 Å². The van der Waals surface area contributed by atoms with Crippen molar-refractivity contribution in [2.75, 3.05) is 0 Å². The van der Waals surface area contributed by atoms with Gasteiger partial charge in [0, 0.05) is 0 Å². The number of para-hydroxylation sites is 2. The zero-order valence-electron chi connectivity index (χ0n) is 10.8. The Labute approximate surface area is 120 Å². The van der Waals surface area contributed by atoms with Crippen molar-refractivity contribution in [3.05, 3.63) is 58.4 Å². The molecule has 0 radical (unpaired) electrons. The van der Waals surface area contributed by atoms with E-state index in [0.717, 1.165) is 16.7 Å². The number of aromatic nitrogens is 2. The minimum absolute atomic E-state index is 0.287. The van der Waals surface area contributed by atoms with Crippen LogP contribution in [0.5, 0.6) is 0 Å². The Hall–Kier alpha value is -2.40. The van der Waals surface area contributed by atoms with Crippen LogP contribution in [0, 0.1) is 11.7 Å². The molecular formula is C15H12N2O2S. The maximum absolute atomic E-state index is 11.2. The van der Waals surface area contributed by atoms with Gasteiger partial charge in [0.2, 0.25) is 0 Å². The van der Waals surface area contributed by atoms with Gasteiger partial charge in [-0.05, 0) is 49.0 Å². The Balaban J connectivity index is 2.37. The minimum Gasteiger partial charge on any atom is -0.478 e. The predicted octanol–water partition coefficient (Wildman–Crippen LogP) is 3.69. The smallest absolute Gasteiger partial charge is 0.336 e. The van der Waals surface area contributed by atoms with Crippen molar-refractivity contribution in [1.82, 2.24) is 9.55 Å².